The van der Waals surface area contributed by atoms with Crippen molar-refractivity contribution >= 4 is 46.0 Å². The van der Waals surface area contributed by atoms with Crippen molar-refractivity contribution in [3.63, 3.8) is 0 Å². The molecule has 1 amide bonds. The predicted octanol–water partition coefficient (Wildman–Crippen LogP) is 1.79. The van der Waals surface area contributed by atoms with Crippen LogP contribution in [-0.4, -0.2) is 20.3 Å². The molecule has 1 heterocycles. The number of nitrogens with zero attached hydrogens (tertiary/aromatic N) is 1. The van der Waals surface area contributed by atoms with Gasteiger partial charge < -0.3 is 10.4 Å². The zero-order chi connectivity index (χ0) is 13.3. The van der Waals surface area contributed by atoms with Gasteiger partial charge in [0.05, 0.1) is 9.83 Å². The van der Waals surface area contributed by atoms with Gasteiger partial charge in [0.15, 0.2) is 5.75 Å². The third-order valence-corrected chi connectivity index (χ3v) is 3.30. The van der Waals surface area contributed by atoms with Crippen LogP contribution in [0, 0.1) is 10.1 Å². The maximum atomic E-state index is 11.4. The second-order valence-corrected chi connectivity index (χ2v) is 5.08. The zero-order valence-corrected chi connectivity index (χ0v) is 10.4. The molecule has 0 aliphatic carbocycles. The Morgan fingerprint density at radius 3 is 2.78 bits per heavy atom. The quantitative estimate of drug-likeness (QED) is 0.372. The largest absolute Gasteiger partial charge is 0.502 e. The van der Waals surface area contributed by atoms with E-state index < -0.39 is 16.4 Å². The lowest BCUT2D eigenvalue weighted by Crippen LogP contribution is -2.17. The molecule has 0 aromatic heterocycles. The molecule has 1 aromatic rings. The molecule has 1 aliphatic rings. The molecule has 1 fully saturated rings. The second-order valence-electron chi connectivity index (χ2n) is 3.36. The Morgan fingerprint density at radius 1 is 1.50 bits per heavy atom. The summed E-state index contributed by atoms with van der Waals surface area (Å²) in [7, 11) is 0. The number of hydrogen-bond acceptors (Lipinski definition) is 6. The van der Waals surface area contributed by atoms with Crippen LogP contribution in [0.5, 0.6) is 5.75 Å². The highest BCUT2D eigenvalue weighted by molar-refractivity contribution is 8.26. The number of benzene rings is 1. The molecular weight excluding hydrogens is 276 g/mol. The standard InChI is InChI=1S/C10H6N2O4S2/c13-7-2-1-5(3-6(7)12(15)16)4-8-9(14)11-10(17)18-8/h1-4,13H,(H,11,14,17)/b8-4+. The number of rotatable bonds is 2. The van der Waals surface area contributed by atoms with E-state index in [9.17, 15) is 20.0 Å². The smallest absolute Gasteiger partial charge is 0.311 e. The van der Waals surface area contributed by atoms with Crippen molar-refractivity contribution in [1.82, 2.24) is 5.32 Å². The number of hydrogen-bond donors (Lipinski definition) is 2. The molecule has 8 heteroatoms. The number of nitro benzene ring substituents is 1. The number of thioether (sulfide) groups is 1. The number of nitro groups is 1. The van der Waals surface area contributed by atoms with E-state index in [1.54, 1.807) is 0 Å². The Hall–Kier alpha value is -1.93. The normalized spacial score (nSPS) is 17.0. The van der Waals surface area contributed by atoms with Crippen LogP contribution in [-0.2, 0) is 4.79 Å². The van der Waals surface area contributed by atoms with Crippen LogP contribution in [0.1, 0.15) is 5.56 Å². The highest BCUT2D eigenvalue weighted by Crippen LogP contribution is 2.30. The van der Waals surface area contributed by atoms with Crippen LogP contribution in [0.4, 0.5) is 5.69 Å². The first kappa shape index (κ1) is 12.5. The van der Waals surface area contributed by atoms with E-state index in [2.05, 4.69) is 5.32 Å². The monoisotopic (exact) mass is 282 g/mol. The lowest BCUT2D eigenvalue weighted by molar-refractivity contribution is -0.385. The summed E-state index contributed by atoms with van der Waals surface area (Å²) in [6.07, 6.45) is 1.48. The first-order valence-electron chi connectivity index (χ1n) is 4.69. The Balaban J connectivity index is 2.38. The molecule has 0 radical (unpaired) electrons. The number of amides is 1. The van der Waals surface area contributed by atoms with Gasteiger partial charge in [0, 0.05) is 6.07 Å². The van der Waals surface area contributed by atoms with Crippen LogP contribution in [0.15, 0.2) is 23.1 Å². The average Bonchev–Trinajstić information content (AvgIpc) is 2.60. The minimum atomic E-state index is -0.691. The molecule has 1 aromatic carbocycles. The van der Waals surface area contributed by atoms with Gasteiger partial charge in [-0.05, 0) is 17.7 Å². The van der Waals surface area contributed by atoms with Gasteiger partial charge in [-0.3, -0.25) is 14.9 Å². The molecule has 0 saturated carbocycles. The summed E-state index contributed by atoms with van der Waals surface area (Å²) in [6, 6.07) is 3.88. The molecule has 0 atom stereocenters. The first-order valence-corrected chi connectivity index (χ1v) is 5.92. The third kappa shape index (κ3) is 2.49. The Labute approximate surface area is 111 Å². The molecule has 0 spiro atoms. The first-order chi connectivity index (χ1) is 8.47. The third-order valence-electron chi connectivity index (χ3n) is 2.14. The fourth-order valence-corrected chi connectivity index (χ4v) is 2.39. The molecule has 92 valence electrons. The summed E-state index contributed by atoms with van der Waals surface area (Å²) in [4.78, 5) is 21.7. The predicted molar refractivity (Wildman–Crippen MR) is 71.1 cm³/mol. The van der Waals surface area contributed by atoms with E-state index in [1.807, 2.05) is 0 Å². The fraction of sp³-hybridized carbons (Fsp3) is 0. The number of nitrogens with one attached hydrogen (secondary N) is 1. The lowest BCUT2D eigenvalue weighted by Gasteiger charge is -1.98. The fourth-order valence-electron chi connectivity index (χ4n) is 1.35. The molecular formula is C10H6N2O4S2. The van der Waals surface area contributed by atoms with Gasteiger partial charge in [-0.25, -0.2) is 0 Å². The van der Waals surface area contributed by atoms with Crippen molar-refractivity contribution in [3.8, 4) is 5.75 Å². The maximum Gasteiger partial charge on any atom is 0.311 e. The molecule has 0 unspecified atom stereocenters. The molecule has 6 nitrogen and oxygen atoms in total. The minimum absolute atomic E-state index is 0.333. The number of carbonyl (C=O) groups is 1. The average molecular weight is 282 g/mol. The summed E-state index contributed by atoms with van der Waals surface area (Å²) in [5.74, 6) is -0.748. The summed E-state index contributed by atoms with van der Waals surface area (Å²) < 4.78 is 0.347. The van der Waals surface area contributed by atoms with Gasteiger partial charge in [0.25, 0.3) is 5.91 Å². The minimum Gasteiger partial charge on any atom is -0.502 e. The Morgan fingerprint density at radius 2 is 2.22 bits per heavy atom. The molecule has 1 aliphatic heterocycles. The maximum absolute atomic E-state index is 11.4. The number of phenolic OH excluding ortho intramolecular Hbond substituents is 1. The van der Waals surface area contributed by atoms with Crippen molar-refractivity contribution in [1.29, 1.82) is 0 Å². The van der Waals surface area contributed by atoms with Gasteiger partial charge in [-0.1, -0.05) is 30.0 Å². The Bertz CT molecular complexity index is 598. The van der Waals surface area contributed by atoms with E-state index in [0.29, 0.717) is 14.8 Å². The number of carbonyl (C=O) groups excluding carboxylic acids is 1. The van der Waals surface area contributed by atoms with Gasteiger partial charge in [-0.15, -0.1) is 0 Å². The van der Waals surface area contributed by atoms with Crippen LogP contribution in [0.2, 0.25) is 0 Å². The van der Waals surface area contributed by atoms with Crippen LogP contribution >= 0.6 is 24.0 Å². The van der Waals surface area contributed by atoms with Gasteiger partial charge in [0.1, 0.15) is 4.32 Å². The van der Waals surface area contributed by atoms with Crippen LogP contribution < -0.4 is 5.32 Å². The number of phenols is 1. The zero-order valence-electron chi connectivity index (χ0n) is 8.75. The molecule has 1 saturated heterocycles. The van der Waals surface area contributed by atoms with Crippen molar-refractivity contribution in [2.75, 3.05) is 0 Å². The summed E-state index contributed by atoms with van der Waals surface area (Å²) in [5.41, 5.74) is 0.0391. The SMILES string of the molecule is O=C1NC(=S)S/C1=C/c1ccc(O)c([N+](=O)[O-])c1. The van der Waals surface area contributed by atoms with E-state index in [0.717, 1.165) is 11.8 Å². The van der Waals surface area contributed by atoms with Crippen molar-refractivity contribution < 1.29 is 14.8 Å². The van der Waals surface area contributed by atoms with Gasteiger partial charge in [-0.2, -0.15) is 0 Å². The van der Waals surface area contributed by atoms with Crippen molar-refractivity contribution in [3.05, 3.63) is 38.8 Å². The highest BCUT2D eigenvalue weighted by Gasteiger charge is 2.22. The molecule has 2 rings (SSSR count). The van der Waals surface area contributed by atoms with Crippen LogP contribution in [0.25, 0.3) is 6.08 Å². The number of thiocarbonyl (C=S) groups is 1. The second kappa shape index (κ2) is 4.75. The van der Waals surface area contributed by atoms with Crippen molar-refractivity contribution in [2.24, 2.45) is 0 Å². The van der Waals surface area contributed by atoms with E-state index in [-0.39, 0.29) is 5.91 Å². The van der Waals surface area contributed by atoms with Crippen LogP contribution in [0.3, 0.4) is 0 Å². The summed E-state index contributed by atoms with van der Waals surface area (Å²) in [6.45, 7) is 0. The lowest BCUT2D eigenvalue weighted by atomic mass is 10.1. The molecule has 18 heavy (non-hydrogen) atoms. The van der Waals surface area contributed by atoms with E-state index >= 15 is 0 Å². The topological polar surface area (TPSA) is 92.5 Å². The van der Waals surface area contributed by atoms with E-state index in [1.165, 1.54) is 24.3 Å². The van der Waals surface area contributed by atoms with E-state index in [4.69, 9.17) is 12.2 Å². The Kier molecular flexibility index (Phi) is 3.30. The number of aromatic hydroxyl groups is 1. The van der Waals surface area contributed by atoms with Crippen molar-refractivity contribution in [2.45, 2.75) is 0 Å². The van der Waals surface area contributed by atoms with Gasteiger partial charge in [0.2, 0.25) is 0 Å². The summed E-state index contributed by atoms with van der Waals surface area (Å²) >= 11 is 5.91. The highest BCUT2D eigenvalue weighted by atomic mass is 32.2. The summed E-state index contributed by atoms with van der Waals surface area (Å²) in [5, 5.41) is 22.4. The van der Waals surface area contributed by atoms with Gasteiger partial charge >= 0.3 is 5.69 Å². The molecule has 0 bridgehead atoms. The molecule has 2 N–H and O–H groups in total.